The number of H-pyrrole nitrogens is 1. The van der Waals surface area contributed by atoms with E-state index in [9.17, 15) is 19.3 Å². The molecule has 1 aromatic heterocycles. The van der Waals surface area contributed by atoms with Gasteiger partial charge in [0.05, 0.1) is 10.6 Å². The number of carbonyl (C=O) groups excluding carboxylic acids is 1. The number of nitro benzene ring substituents is 1. The van der Waals surface area contributed by atoms with Crippen molar-refractivity contribution in [2.24, 2.45) is 0 Å². The first-order chi connectivity index (χ1) is 15.4. The van der Waals surface area contributed by atoms with Crippen LogP contribution in [0.25, 0.3) is 11.3 Å². The van der Waals surface area contributed by atoms with Crippen molar-refractivity contribution in [3.05, 3.63) is 75.7 Å². The predicted molar refractivity (Wildman–Crippen MR) is 123 cm³/mol. The number of carbonyl (C=O) groups is 1. The molecular weight excluding hydrogens is 431 g/mol. The highest BCUT2D eigenvalue weighted by Crippen LogP contribution is 2.26. The van der Waals surface area contributed by atoms with Crippen molar-refractivity contribution in [1.82, 2.24) is 15.1 Å². The number of benzene rings is 2. The molecule has 2 aromatic carbocycles. The Morgan fingerprint density at radius 1 is 1.16 bits per heavy atom. The van der Waals surface area contributed by atoms with E-state index in [0.29, 0.717) is 6.54 Å². The molecule has 0 aliphatic heterocycles. The summed E-state index contributed by atoms with van der Waals surface area (Å²) in [4.78, 5) is 25.9. The number of hydrogen-bond acceptors (Lipinski definition) is 5. The van der Waals surface area contributed by atoms with Crippen LogP contribution in [0.1, 0.15) is 35.3 Å². The number of thioether (sulfide) groups is 1. The van der Waals surface area contributed by atoms with E-state index in [4.69, 9.17) is 0 Å². The maximum atomic E-state index is 13.1. The van der Waals surface area contributed by atoms with Crippen LogP contribution >= 0.6 is 11.8 Å². The molecule has 1 heterocycles. The summed E-state index contributed by atoms with van der Waals surface area (Å²) >= 11 is 1.44. The molecule has 3 rings (SSSR count). The van der Waals surface area contributed by atoms with Crippen LogP contribution in [-0.4, -0.2) is 45.8 Å². The second-order valence-electron chi connectivity index (χ2n) is 7.46. The molecule has 168 valence electrons. The Kier molecular flexibility index (Phi) is 7.99. The second kappa shape index (κ2) is 10.9. The normalized spacial score (nSPS) is 10.8. The first-order valence-electron chi connectivity index (χ1n) is 10.3. The van der Waals surface area contributed by atoms with Crippen molar-refractivity contribution in [3.63, 3.8) is 0 Å². The fraction of sp³-hybridized carbons (Fsp3) is 0.304. The number of nitro groups is 1. The maximum Gasteiger partial charge on any atom is 0.282 e. The lowest BCUT2D eigenvalue weighted by atomic mass is 10.1. The third-order valence-electron chi connectivity index (χ3n) is 5.19. The van der Waals surface area contributed by atoms with Gasteiger partial charge in [0.2, 0.25) is 0 Å². The van der Waals surface area contributed by atoms with E-state index in [1.165, 1.54) is 34.9 Å². The highest BCUT2D eigenvalue weighted by molar-refractivity contribution is 7.98. The molecule has 3 aromatic rings. The van der Waals surface area contributed by atoms with Crippen LogP contribution in [-0.2, 0) is 6.42 Å². The molecule has 1 N–H and O–H groups in total. The van der Waals surface area contributed by atoms with Crippen LogP contribution in [0.15, 0.2) is 53.4 Å². The van der Waals surface area contributed by atoms with E-state index < -0.39 is 4.92 Å². The Bertz CT molecular complexity index is 1090. The van der Waals surface area contributed by atoms with E-state index in [1.807, 2.05) is 12.3 Å². The Hall–Kier alpha value is -3.20. The Morgan fingerprint density at radius 3 is 2.59 bits per heavy atom. The molecular formula is C23H25FN4O3S. The molecule has 0 bridgehead atoms. The van der Waals surface area contributed by atoms with Gasteiger partial charge >= 0.3 is 0 Å². The van der Waals surface area contributed by atoms with Gasteiger partial charge in [0.1, 0.15) is 11.4 Å². The van der Waals surface area contributed by atoms with Gasteiger partial charge < -0.3 is 4.90 Å². The first kappa shape index (κ1) is 23.5. The van der Waals surface area contributed by atoms with Gasteiger partial charge in [-0.25, -0.2) is 4.39 Å². The number of hydrogen-bond donors (Lipinski definition) is 1. The highest BCUT2D eigenvalue weighted by atomic mass is 32.2. The van der Waals surface area contributed by atoms with Crippen molar-refractivity contribution in [2.75, 3.05) is 19.8 Å². The van der Waals surface area contributed by atoms with Crippen molar-refractivity contribution in [2.45, 2.75) is 30.6 Å². The van der Waals surface area contributed by atoms with Gasteiger partial charge in [-0.15, -0.1) is 11.8 Å². The van der Waals surface area contributed by atoms with E-state index in [2.05, 4.69) is 10.2 Å². The number of aromatic amines is 1. The van der Waals surface area contributed by atoms with E-state index in [0.717, 1.165) is 47.5 Å². The Balaban J connectivity index is 1.47. The molecule has 0 saturated heterocycles. The molecule has 0 atom stereocenters. The second-order valence-corrected chi connectivity index (χ2v) is 8.34. The molecule has 0 fully saturated rings. The van der Waals surface area contributed by atoms with Crippen LogP contribution in [0.5, 0.6) is 0 Å². The van der Waals surface area contributed by atoms with E-state index in [-0.39, 0.29) is 23.0 Å². The average Bonchev–Trinajstić information content (AvgIpc) is 3.27. The molecule has 0 unspecified atom stereocenters. The predicted octanol–water partition coefficient (Wildman–Crippen LogP) is 5.33. The third kappa shape index (κ3) is 5.94. The SMILES string of the molecule is CSc1ccc([N+](=O)[O-])c(C(=O)N(C)CCCCCc2cc(-c3ccc(F)cc3)n[nH]2)c1. The van der Waals surface area contributed by atoms with Crippen molar-refractivity contribution in [1.29, 1.82) is 0 Å². The van der Waals surface area contributed by atoms with E-state index >= 15 is 0 Å². The van der Waals surface area contributed by atoms with Crippen LogP contribution in [0.2, 0.25) is 0 Å². The number of rotatable bonds is 10. The zero-order chi connectivity index (χ0) is 23.1. The summed E-state index contributed by atoms with van der Waals surface area (Å²) < 4.78 is 13.1. The molecule has 9 heteroatoms. The minimum atomic E-state index is -0.518. The zero-order valence-electron chi connectivity index (χ0n) is 18.0. The minimum absolute atomic E-state index is 0.120. The molecule has 32 heavy (non-hydrogen) atoms. The summed E-state index contributed by atoms with van der Waals surface area (Å²) in [6, 6.07) is 12.8. The standard InChI is InChI=1S/C23H25FN4O3S/c1-27(23(29)20-15-19(32-2)11-12-22(20)28(30)31)13-5-3-4-6-18-14-21(26-25-18)16-7-9-17(24)10-8-16/h7-12,14-15H,3-6,13H2,1-2H3,(H,25,26). The third-order valence-corrected chi connectivity index (χ3v) is 5.91. The van der Waals surface area contributed by atoms with Crippen molar-refractivity contribution < 1.29 is 14.1 Å². The van der Waals surface area contributed by atoms with Crippen LogP contribution < -0.4 is 0 Å². The van der Waals surface area contributed by atoms with E-state index in [1.54, 1.807) is 31.3 Å². The largest absolute Gasteiger partial charge is 0.341 e. The fourth-order valence-corrected chi connectivity index (χ4v) is 3.82. The summed E-state index contributed by atoms with van der Waals surface area (Å²) in [7, 11) is 1.67. The maximum absolute atomic E-state index is 13.1. The quantitative estimate of drug-likeness (QED) is 0.193. The summed E-state index contributed by atoms with van der Waals surface area (Å²) in [5.41, 5.74) is 2.58. The number of unbranched alkanes of at least 4 members (excludes halogenated alkanes) is 2. The van der Waals surface area contributed by atoms with Gasteiger partial charge in [-0.05, 0) is 68.0 Å². The number of aromatic nitrogens is 2. The molecule has 0 radical (unpaired) electrons. The average molecular weight is 457 g/mol. The van der Waals surface area contributed by atoms with Crippen molar-refractivity contribution in [3.8, 4) is 11.3 Å². The molecule has 0 aliphatic carbocycles. The van der Waals surface area contributed by atoms with Gasteiger partial charge in [0.15, 0.2) is 0 Å². The molecule has 0 aliphatic rings. The summed E-state index contributed by atoms with van der Waals surface area (Å²) in [6.07, 6.45) is 5.27. The van der Waals surface area contributed by atoms with Gasteiger partial charge in [-0.3, -0.25) is 20.0 Å². The number of nitrogens with one attached hydrogen (secondary N) is 1. The van der Waals surface area contributed by atoms with Gasteiger partial charge in [-0.2, -0.15) is 5.10 Å². The lowest BCUT2D eigenvalue weighted by molar-refractivity contribution is -0.385. The summed E-state index contributed by atoms with van der Waals surface area (Å²) in [5, 5.41) is 18.6. The number of nitrogens with zero attached hydrogens (tertiary/aromatic N) is 3. The Morgan fingerprint density at radius 2 is 1.91 bits per heavy atom. The first-order valence-corrected chi connectivity index (χ1v) is 11.5. The zero-order valence-corrected chi connectivity index (χ0v) is 18.8. The number of aryl methyl sites for hydroxylation is 1. The Labute approximate surface area is 190 Å². The van der Waals surface area contributed by atoms with Crippen LogP contribution in [0, 0.1) is 15.9 Å². The topological polar surface area (TPSA) is 92.1 Å². The molecule has 0 saturated carbocycles. The van der Waals surface area contributed by atoms with Crippen molar-refractivity contribution >= 4 is 23.4 Å². The lowest BCUT2D eigenvalue weighted by Crippen LogP contribution is -2.28. The van der Waals surface area contributed by atoms with Gasteiger partial charge in [0, 0.05) is 35.8 Å². The van der Waals surface area contributed by atoms with Gasteiger partial charge in [-0.1, -0.05) is 6.42 Å². The summed E-state index contributed by atoms with van der Waals surface area (Å²) in [6.45, 7) is 0.517. The fourth-order valence-electron chi connectivity index (χ4n) is 3.38. The van der Waals surface area contributed by atoms with Gasteiger partial charge in [0.25, 0.3) is 11.6 Å². The summed E-state index contributed by atoms with van der Waals surface area (Å²) in [5.74, 6) is -0.621. The number of amides is 1. The minimum Gasteiger partial charge on any atom is -0.341 e. The molecule has 0 spiro atoms. The highest BCUT2D eigenvalue weighted by Gasteiger charge is 2.23. The van der Waals surface area contributed by atoms with Crippen LogP contribution in [0.4, 0.5) is 10.1 Å². The van der Waals surface area contributed by atoms with Crippen LogP contribution in [0.3, 0.4) is 0 Å². The number of halogens is 1. The molecule has 7 nitrogen and oxygen atoms in total. The smallest absolute Gasteiger partial charge is 0.282 e. The molecule has 1 amide bonds. The monoisotopic (exact) mass is 456 g/mol. The lowest BCUT2D eigenvalue weighted by Gasteiger charge is -2.17.